The molecule has 1 amide bonds. The lowest BCUT2D eigenvalue weighted by atomic mass is 9.93. The van der Waals surface area contributed by atoms with Crippen LogP contribution >= 0.6 is 0 Å². The molecule has 0 aromatic carbocycles. The summed E-state index contributed by atoms with van der Waals surface area (Å²) in [6.45, 7) is 6.10. The Hall–Kier alpha value is -0.570. The largest absolute Gasteiger partial charge is 0.338 e. The fourth-order valence-corrected chi connectivity index (χ4v) is 3.82. The van der Waals surface area contributed by atoms with Crippen molar-refractivity contribution in [1.29, 1.82) is 0 Å². The number of amides is 1. The second-order valence-electron chi connectivity index (χ2n) is 7.07. The highest BCUT2D eigenvalue weighted by atomic mass is 16.2. The minimum atomic E-state index is 0.135. The van der Waals surface area contributed by atoms with Gasteiger partial charge in [-0.05, 0) is 39.2 Å². The van der Waals surface area contributed by atoms with Crippen LogP contribution in [0.15, 0.2) is 0 Å². The smallest absolute Gasteiger partial charge is 0.225 e. The molecule has 2 fully saturated rings. The zero-order valence-electron chi connectivity index (χ0n) is 13.6. The molecule has 0 aromatic rings. The number of hydrogen-bond acceptors (Lipinski definition) is 2. The van der Waals surface area contributed by atoms with Gasteiger partial charge in [-0.25, -0.2) is 0 Å². The zero-order valence-corrected chi connectivity index (χ0v) is 13.6. The van der Waals surface area contributed by atoms with Gasteiger partial charge in [-0.3, -0.25) is 4.79 Å². The van der Waals surface area contributed by atoms with Gasteiger partial charge < -0.3 is 9.80 Å². The fourth-order valence-electron chi connectivity index (χ4n) is 3.82. The van der Waals surface area contributed by atoms with Gasteiger partial charge in [0.25, 0.3) is 0 Å². The number of carbonyl (C=O) groups excluding carboxylic acids is 1. The van der Waals surface area contributed by atoms with Crippen LogP contribution in [-0.4, -0.2) is 47.9 Å². The van der Waals surface area contributed by atoms with Gasteiger partial charge in [0.1, 0.15) is 0 Å². The molecule has 0 bridgehead atoms. The summed E-state index contributed by atoms with van der Waals surface area (Å²) in [5.74, 6) is 0.488. The third kappa shape index (κ3) is 3.97. The lowest BCUT2D eigenvalue weighted by molar-refractivity contribution is -0.138. The Morgan fingerprint density at radius 2 is 1.75 bits per heavy atom. The normalized spacial score (nSPS) is 25.4. The van der Waals surface area contributed by atoms with Crippen molar-refractivity contribution in [2.75, 3.05) is 20.1 Å². The van der Waals surface area contributed by atoms with E-state index in [0.717, 1.165) is 19.1 Å². The van der Waals surface area contributed by atoms with Crippen LogP contribution in [0.4, 0.5) is 0 Å². The fraction of sp³-hybridized carbons (Fsp3) is 0.941. The maximum atomic E-state index is 12.4. The van der Waals surface area contributed by atoms with Gasteiger partial charge in [0.2, 0.25) is 5.91 Å². The van der Waals surface area contributed by atoms with Crippen molar-refractivity contribution >= 4 is 5.91 Å². The van der Waals surface area contributed by atoms with E-state index >= 15 is 0 Å². The molecule has 0 spiro atoms. The molecule has 0 aromatic heterocycles. The van der Waals surface area contributed by atoms with Crippen LogP contribution in [0.2, 0.25) is 0 Å². The van der Waals surface area contributed by atoms with E-state index in [9.17, 15) is 4.79 Å². The number of rotatable bonds is 4. The monoisotopic (exact) mass is 280 g/mol. The van der Waals surface area contributed by atoms with Crippen molar-refractivity contribution in [3.8, 4) is 0 Å². The summed E-state index contributed by atoms with van der Waals surface area (Å²) in [6.07, 6.45) is 10.5. The van der Waals surface area contributed by atoms with Crippen LogP contribution in [0.3, 0.4) is 0 Å². The number of nitrogens with zero attached hydrogens (tertiary/aromatic N) is 2. The second kappa shape index (κ2) is 7.44. The maximum Gasteiger partial charge on any atom is 0.225 e. The van der Waals surface area contributed by atoms with E-state index in [1.807, 2.05) is 13.8 Å². The Kier molecular flexibility index (Phi) is 5.88. The maximum absolute atomic E-state index is 12.4. The molecule has 1 aliphatic heterocycles. The first-order valence-corrected chi connectivity index (χ1v) is 8.60. The van der Waals surface area contributed by atoms with Crippen LogP contribution in [0.5, 0.6) is 0 Å². The highest BCUT2D eigenvalue weighted by Gasteiger charge is 2.30. The molecule has 0 N–H and O–H groups in total. The highest BCUT2D eigenvalue weighted by Crippen LogP contribution is 2.25. The summed E-state index contributed by atoms with van der Waals surface area (Å²) in [7, 11) is 2.27. The minimum Gasteiger partial charge on any atom is -0.338 e. The number of piperidine rings is 1. The Bertz CT molecular complexity index is 310. The quantitative estimate of drug-likeness (QED) is 0.789. The Morgan fingerprint density at radius 3 is 2.40 bits per heavy atom. The minimum absolute atomic E-state index is 0.135. The van der Waals surface area contributed by atoms with E-state index in [4.69, 9.17) is 0 Å². The molecule has 1 aliphatic carbocycles. The van der Waals surface area contributed by atoms with Crippen molar-refractivity contribution in [3.05, 3.63) is 0 Å². The molecule has 20 heavy (non-hydrogen) atoms. The van der Waals surface area contributed by atoms with Gasteiger partial charge in [0.15, 0.2) is 0 Å². The third-order valence-electron chi connectivity index (χ3n) is 5.10. The van der Waals surface area contributed by atoms with E-state index in [1.165, 1.54) is 51.4 Å². The molecule has 2 rings (SSSR count). The van der Waals surface area contributed by atoms with Crippen molar-refractivity contribution < 1.29 is 4.79 Å². The van der Waals surface area contributed by atoms with Gasteiger partial charge >= 0.3 is 0 Å². The summed E-state index contributed by atoms with van der Waals surface area (Å²) in [4.78, 5) is 17.1. The van der Waals surface area contributed by atoms with Gasteiger partial charge in [-0.15, -0.1) is 0 Å². The van der Waals surface area contributed by atoms with E-state index < -0.39 is 0 Å². The third-order valence-corrected chi connectivity index (χ3v) is 5.10. The van der Waals surface area contributed by atoms with Gasteiger partial charge in [-0.1, -0.05) is 33.1 Å². The van der Waals surface area contributed by atoms with Crippen LogP contribution in [0.25, 0.3) is 0 Å². The molecule has 0 radical (unpaired) electrons. The predicted octanol–water partition coefficient (Wildman–Crippen LogP) is 3.29. The Labute approximate surface area is 124 Å². The van der Waals surface area contributed by atoms with Crippen LogP contribution < -0.4 is 0 Å². The highest BCUT2D eigenvalue weighted by molar-refractivity contribution is 5.78. The number of carbonyl (C=O) groups is 1. The first kappa shape index (κ1) is 15.8. The second-order valence-corrected chi connectivity index (χ2v) is 7.07. The molecule has 1 saturated carbocycles. The van der Waals surface area contributed by atoms with Crippen LogP contribution in [-0.2, 0) is 4.79 Å². The summed E-state index contributed by atoms with van der Waals surface area (Å²) >= 11 is 0. The average Bonchev–Trinajstić information content (AvgIpc) is 2.48. The molecule has 1 heterocycles. The zero-order chi connectivity index (χ0) is 14.5. The molecule has 3 heteroatoms. The molecule has 1 unspecified atom stereocenters. The van der Waals surface area contributed by atoms with Crippen molar-refractivity contribution in [3.63, 3.8) is 0 Å². The summed E-state index contributed by atoms with van der Waals surface area (Å²) < 4.78 is 0. The predicted molar refractivity (Wildman–Crippen MR) is 83.7 cm³/mol. The van der Waals surface area contributed by atoms with Crippen molar-refractivity contribution in [1.82, 2.24) is 9.80 Å². The molecule has 2 aliphatic rings. The average molecular weight is 280 g/mol. The molecular weight excluding hydrogens is 248 g/mol. The number of hydrogen-bond donors (Lipinski definition) is 0. The first-order valence-electron chi connectivity index (χ1n) is 8.60. The van der Waals surface area contributed by atoms with Gasteiger partial charge in [0, 0.05) is 31.1 Å². The standard InChI is InChI=1S/C17H32N2O/c1-14(2)17(20)19-12-8-7-11-16(19)13-18(3)15-9-5-4-6-10-15/h14-16H,4-13H2,1-3H3. The molecule has 1 atom stereocenters. The van der Waals surface area contributed by atoms with E-state index in [2.05, 4.69) is 16.8 Å². The van der Waals surface area contributed by atoms with Gasteiger partial charge in [-0.2, -0.15) is 0 Å². The number of likely N-dealkylation sites (N-methyl/N-ethyl adjacent to an activating group) is 1. The van der Waals surface area contributed by atoms with Gasteiger partial charge in [0.05, 0.1) is 0 Å². The molecule has 116 valence electrons. The van der Waals surface area contributed by atoms with E-state index in [-0.39, 0.29) is 5.92 Å². The Morgan fingerprint density at radius 1 is 1.10 bits per heavy atom. The van der Waals surface area contributed by atoms with E-state index in [1.54, 1.807) is 0 Å². The van der Waals surface area contributed by atoms with E-state index in [0.29, 0.717) is 11.9 Å². The van der Waals surface area contributed by atoms with Crippen LogP contribution in [0.1, 0.15) is 65.2 Å². The SMILES string of the molecule is CC(C)C(=O)N1CCCCC1CN(C)C1CCCCC1. The van der Waals surface area contributed by atoms with Crippen molar-refractivity contribution in [2.45, 2.75) is 77.3 Å². The van der Waals surface area contributed by atoms with Crippen molar-refractivity contribution in [2.24, 2.45) is 5.92 Å². The molecule has 3 nitrogen and oxygen atoms in total. The molecular formula is C17H32N2O. The first-order chi connectivity index (χ1) is 9.59. The lowest BCUT2D eigenvalue weighted by Crippen LogP contribution is -2.51. The number of likely N-dealkylation sites (tertiary alicyclic amines) is 1. The summed E-state index contributed by atoms with van der Waals surface area (Å²) in [5, 5.41) is 0. The Balaban J connectivity index is 1.92. The topological polar surface area (TPSA) is 23.6 Å². The lowest BCUT2D eigenvalue weighted by Gasteiger charge is -2.41. The summed E-state index contributed by atoms with van der Waals surface area (Å²) in [6, 6.07) is 1.20. The molecule has 1 saturated heterocycles. The summed E-state index contributed by atoms with van der Waals surface area (Å²) in [5.41, 5.74) is 0. The van der Waals surface area contributed by atoms with Crippen LogP contribution in [0, 0.1) is 5.92 Å².